The summed E-state index contributed by atoms with van der Waals surface area (Å²) in [6.45, 7) is 1.85. The van der Waals surface area contributed by atoms with E-state index in [1.807, 2.05) is 6.92 Å². The van der Waals surface area contributed by atoms with Gasteiger partial charge in [-0.25, -0.2) is 8.78 Å². The van der Waals surface area contributed by atoms with Crippen LogP contribution in [0.4, 0.5) is 14.5 Å². The Bertz CT molecular complexity index is 489. The molecular formula is C13H14F2N2O2. The number of carbonyl (C=O) groups is 1. The van der Waals surface area contributed by atoms with Crippen LogP contribution in [0.5, 0.6) is 0 Å². The van der Waals surface area contributed by atoms with E-state index in [1.165, 1.54) is 0 Å². The average Bonchev–Trinajstić information content (AvgIpc) is 2.32. The molecule has 1 rings (SSSR count). The van der Waals surface area contributed by atoms with Crippen LogP contribution in [0.1, 0.15) is 31.7 Å². The van der Waals surface area contributed by atoms with Gasteiger partial charge in [-0.15, -0.1) is 0 Å². The van der Waals surface area contributed by atoms with E-state index >= 15 is 0 Å². The summed E-state index contributed by atoms with van der Waals surface area (Å²) in [4.78, 5) is 10.7. The fourth-order valence-electron chi connectivity index (χ4n) is 1.76. The summed E-state index contributed by atoms with van der Waals surface area (Å²) >= 11 is 0. The number of hydrogen-bond donors (Lipinski definition) is 2. The van der Waals surface area contributed by atoms with Gasteiger partial charge in [0.05, 0.1) is 18.1 Å². The number of nitrogens with zero attached hydrogens (tertiary/aromatic N) is 1. The molecule has 0 aliphatic rings. The Hall–Kier alpha value is -2.16. The third-order valence-corrected chi connectivity index (χ3v) is 2.58. The number of nitrogens with one attached hydrogen (secondary N) is 1. The van der Waals surface area contributed by atoms with Crippen LogP contribution < -0.4 is 5.32 Å². The molecule has 0 radical (unpaired) electrons. The standard InChI is InChI=1S/C13H14F2N2O2/c1-2-3-9(6-12(18)19)17-13-10(14)4-8(7-16)5-11(13)15/h4-5,9,17H,2-3,6H2,1H3,(H,18,19). The van der Waals surface area contributed by atoms with E-state index in [1.54, 1.807) is 6.07 Å². The molecule has 0 saturated heterocycles. The highest BCUT2D eigenvalue weighted by Crippen LogP contribution is 2.23. The number of halogens is 2. The summed E-state index contributed by atoms with van der Waals surface area (Å²) in [5.74, 6) is -2.84. The molecule has 2 N–H and O–H groups in total. The second-order valence-corrected chi connectivity index (χ2v) is 4.15. The molecule has 1 aromatic rings. The Kier molecular flexibility index (Phi) is 5.24. The highest BCUT2D eigenvalue weighted by Gasteiger charge is 2.17. The molecule has 19 heavy (non-hydrogen) atoms. The van der Waals surface area contributed by atoms with E-state index in [2.05, 4.69) is 5.32 Å². The topological polar surface area (TPSA) is 73.1 Å². The minimum absolute atomic E-state index is 0.120. The van der Waals surface area contributed by atoms with Crippen LogP contribution in [0.15, 0.2) is 12.1 Å². The number of carboxylic acid groups (broad SMARTS) is 1. The lowest BCUT2D eigenvalue weighted by atomic mass is 10.1. The molecule has 0 saturated carbocycles. The van der Waals surface area contributed by atoms with Gasteiger partial charge in [0, 0.05) is 6.04 Å². The number of carboxylic acids is 1. The number of anilines is 1. The summed E-state index contributed by atoms with van der Waals surface area (Å²) in [5, 5.41) is 19.9. The Labute approximate surface area is 109 Å². The van der Waals surface area contributed by atoms with Crippen molar-refractivity contribution < 1.29 is 18.7 Å². The maximum absolute atomic E-state index is 13.6. The van der Waals surface area contributed by atoms with Crippen molar-refractivity contribution in [3.05, 3.63) is 29.3 Å². The molecule has 0 spiro atoms. The highest BCUT2D eigenvalue weighted by atomic mass is 19.1. The van der Waals surface area contributed by atoms with Crippen molar-refractivity contribution in [3.8, 4) is 6.07 Å². The summed E-state index contributed by atoms with van der Waals surface area (Å²) in [5.41, 5.74) is -0.510. The van der Waals surface area contributed by atoms with Gasteiger partial charge >= 0.3 is 5.97 Å². The van der Waals surface area contributed by atoms with Gasteiger partial charge in [-0.1, -0.05) is 13.3 Å². The fraction of sp³-hybridized carbons (Fsp3) is 0.385. The number of nitriles is 1. The maximum Gasteiger partial charge on any atom is 0.305 e. The molecule has 0 amide bonds. The lowest BCUT2D eigenvalue weighted by Crippen LogP contribution is -2.24. The van der Waals surface area contributed by atoms with Gasteiger partial charge in [-0.05, 0) is 18.6 Å². The number of benzene rings is 1. The molecule has 0 aliphatic carbocycles. The highest BCUT2D eigenvalue weighted by molar-refractivity contribution is 5.68. The van der Waals surface area contributed by atoms with E-state index in [-0.39, 0.29) is 12.0 Å². The Morgan fingerprint density at radius 3 is 2.47 bits per heavy atom. The molecule has 0 aliphatic heterocycles. The Morgan fingerprint density at radius 2 is 2.05 bits per heavy atom. The predicted molar refractivity (Wildman–Crippen MR) is 65.6 cm³/mol. The number of hydrogen-bond acceptors (Lipinski definition) is 3. The Balaban J connectivity index is 2.96. The van der Waals surface area contributed by atoms with Crippen molar-refractivity contribution in [2.45, 2.75) is 32.2 Å². The third-order valence-electron chi connectivity index (χ3n) is 2.58. The number of rotatable bonds is 6. The average molecular weight is 268 g/mol. The summed E-state index contributed by atoms with van der Waals surface area (Å²) in [6, 6.07) is 2.91. The molecule has 0 heterocycles. The van der Waals surface area contributed by atoms with Crippen LogP contribution in [0.2, 0.25) is 0 Å². The van der Waals surface area contributed by atoms with Crippen molar-refractivity contribution in [1.82, 2.24) is 0 Å². The summed E-state index contributed by atoms with van der Waals surface area (Å²) < 4.78 is 27.3. The lowest BCUT2D eigenvalue weighted by Gasteiger charge is -2.18. The molecule has 1 aromatic carbocycles. The van der Waals surface area contributed by atoms with E-state index in [9.17, 15) is 13.6 Å². The quantitative estimate of drug-likeness (QED) is 0.832. The maximum atomic E-state index is 13.6. The zero-order valence-electron chi connectivity index (χ0n) is 10.4. The number of aliphatic carboxylic acids is 1. The molecule has 102 valence electrons. The van der Waals surface area contributed by atoms with Crippen LogP contribution in [-0.4, -0.2) is 17.1 Å². The van der Waals surface area contributed by atoms with Gasteiger partial charge in [0.2, 0.25) is 0 Å². The summed E-state index contributed by atoms with van der Waals surface area (Å²) in [6.07, 6.45) is 0.933. The molecule has 6 heteroatoms. The fourth-order valence-corrected chi connectivity index (χ4v) is 1.76. The van der Waals surface area contributed by atoms with Crippen molar-refractivity contribution in [2.24, 2.45) is 0 Å². The molecule has 4 nitrogen and oxygen atoms in total. The van der Waals surface area contributed by atoms with Crippen molar-refractivity contribution >= 4 is 11.7 Å². The smallest absolute Gasteiger partial charge is 0.305 e. The monoisotopic (exact) mass is 268 g/mol. The first-order valence-corrected chi connectivity index (χ1v) is 5.85. The van der Waals surface area contributed by atoms with Crippen LogP contribution >= 0.6 is 0 Å². The van der Waals surface area contributed by atoms with Crippen LogP contribution in [0.3, 0.4) is 0 Å². The molecule has 0 aromatic heterocycles. The largest absolute Gasteiger partial charge is 0.481 e. The lowest BCUT2D eigenvalue weighted by molar-refractivity contribution is -0.137. The van der Waals surface area contributed by atoms with Crippen LogP contribution in [0, 0.1) is 23.0 Å². The first-order chi connectivity index (χ1) is 8.97. The first-order valence-electron chi connectivity index (χ1n) is 5.85. The van der Waals surface area contributed by atoms with Gasteiger partial charge in [-0.3, -0.25) is 4.79 Å². The van der Waals surface area contributed by atoms with Crippen LogP contribution in [-0.2, 0) is 4.79 Å². The van der Waals surface area contributed by atoms with Crippen molar-refractivity contribution in [1.29, 1.82) is 5.26 Å². The minimum Gasteiger partial charge on any atom is -0.481 e. The molecular weight excluding hydrogens is 254 g/mol. The summed E-state index contributed by atoms with van der Waals surface area (Å²) in [7, 11) is 0. The first kappa shape index (κ1) is 14.9. The molecule has 0 bridgehead atoms. The van der Waals surface area contributed by atoms with Crippen LogP contribution in [0.25, 0.3) is 0 Å². The molecule has 0 fully saturated rings. The van der Waals surface area contributed by atoms with E-state index < -0.39 is 29.3 Å². The van der Waals surface area contributed by atoms with Gasteiger partial charge in [-0.2, -0.15) is 5.26 Å². The molecule has 1 unspecified atom stereocenters. The zero-order chi connectivity index (χ0) is 14.4. The normalized spacial score (nSPS) is 11.7. The Morgan fingerprint density at radius 1 is 1.47 bits per heavy atom. The third kappa shape index (κ3) is 4.21. The second-order valence-electron chi connectivity index (χ2n) is 4.15. The van der Waals surface area contributed by atoms with E-state index in [4.69, 9.17) is 10.4 Å². The van der Waals surface area contributed by atoms with Gasteiger partial charge in [0.1, 0.15) is 5.69 Å². The van der Waals surface area contributed by atoms with E-state index in [0.29, 0.717) is 12.8 Å². The van der Waals surface area contributed by atoms with Gasteiger partial charge < -0.3 is 10.4 Å². The van der Waals surface area contributed by atoms with Gasteiger partial charge in [0.15, 0.2) is 11.6 Å². The minimum atomic E-state index is -1.04. The predicted octanol–water partition coefficient (Wildman–Crippen LogP) is 2.89. The van der Waals surface area contributed by atoms with Gasteiger partial charge in [0.25, 0.3) is 0 Å². The van der Waals surface area contributed by atoms with E-state index in [0.717, 1.165) is 12.1 Å². The second kappa shape index (κ2) is 6.69. The zero-order valence-corrected chi connectivity index (χ0v) is 10.4. The SMILES string of the molecule is CCCC(CC(=O)O)Nc1c(F)cc(C#N)cc1F. The van der Waals surface area contributed by atoms with Crippen molar-refractivity contribution in [2.75, 3.05) is 5.32 Å². The van der Waals surface area contributed by atoms with Crippen molar-refractivity contribution in [3.63, 3.8) is 0 Å². The molecule has 1 atom stereocenters.